The molecule has 0 aliphatic carbocycles. The van der Waals surface area contributed by atoms with Gasteiger partial charge in [0.05, 0.1) is 0 Å². The summed E-state index contributed by atoms with van der Waals surface area (Å²) in [6.45, 7) is -0.0415. The molecule has 33 heavy (non-hydrogen) atoms. The van der Waals surface area contributed by atoms with Crippen molar-refractivity contribution in [2.45, 2.75) is 0 Å². The van der Waals surface area contributed by atoms with Crippen LogP contribution in [0.2, 0.25) is 0 Å². The number of hydrogen-bond acceptors (Lipinski definition) is 4. The standard InChI is InChI=1S/C16H13BrO3.C11H8N.Ir/c17-13-6-8-15(9-7-13)20-11-14(18)10-16(19)12-4-2-1-3-5-12;1-2-6-10(7-3-1)11-8-4-5-9-12-11;/h1-10,18H,11H2;1-6,8-9H;/q;-1;. The summed E-state index contributed by atoms with van der Waals surface area (Å²) in [6.07, 6.45) is 2.96. The van der Waals surface area contributed by atoms with Crippen LogP contribution < -0.4 is 4.74 Å². The molecule has 4 aromatic rings. The molecule has 0 aliphatic heterocycles. The van der Waals surface area contributed by atoms with Gasteiger partial charge in [0.2, 0.25) is 0 Å². The third-order valence-electron chi connectivity index (χ3n) is 4.21. The van der Waals surface area contributed by atoms with E-state index in [0.717, 1.165) is 15.7 Å². The van der Waals surface area contributed by atoms with Crippen molar-refractivity contribution >= 4 is 21.7 Å². The van der Waals surface area contributed by atoms with Gasteiger partial charge in [-0.15, -0.1) is 35.9 Å². The maximum atomic E-state index is 11.8. The summed E-state index contributed by atoms with van der Waals surface area (Å²) in [5.74, 6) is 0.268. The van der Waals surface area contributed by atoms with Crippen molar-refractivity contribution in [2.75, 3.05) is 6.61 Å². The molecule has 0 spiro atoms. The summed E-state index contributed by atoms with van der Waals surface area (Å²) in [6, 6.07) is 32.8. The van der Waals surface area contributed by atoms with Crippen LogP contribution in [0.5, 0.6) is 5.75 Å². The molecule has 4 nitrogen and oxygen atoms in total. The van der Waals surface area contributed by atoms with E-state index in [1.807, 2.05) is 60.7 Å². The van der Waals surface area contributed by atoms with Gasteiger partial charge in [0, 0.05) is 42.4 Å². The summed E-state index contributed by atoms with van der Waals surface area (Å²) in [7, 11) is 0. The minimum Gasteiger partial charge on any atom is -0.509 e. The van der Waals surface area contributed by atoms with Crippen LogP contribution in [0.4, 0.5) is 0 Å². The van der Waals surface area contributed by atoms with Gasteiger partial charge in [0.1, 0.15) is 18.1 Å². The smallest absolute Gasteiger partial charge is 0.189 e. The Hall–Kier alpha value is -3.05. The Balaban J connectivity index is 0.000000253. The number of halogens is 1. The van der Waals surface area contributed by atoms with Gasteiger partial charge < -0.3 is 14.8 Å². The van der Waals surface area contributed by atoms with Gasteiger partial charge in [-0.3, -0.25) is 4.79 Å². The second-order valence-electron chi connectivity index (χ2n) is 6.60. The number of aromatic nitrogens is 1. The molecule has 0 fully saturated rings. The third-order valence-corrected chi connectivity index (χ3v) is 4.73. The summed E-state index contributed by atoms with van der Waals surface area (Å²) < 4.78 is 6.32. The summed E-state index contributed by atoms with van der Waals surface area (Å²) in [5, 5.41) is 9.70. The van der Waals surface area contributed by atoms with Crippen LogP contribution >= 0.6 is 15.9 Å². The number of nitrogens with zero attached hydrogens (tertiary/aromatic N) is 1. The van der Waals surface area contributed by atoms with Crippen LogP contribution in [0.3, 0.4) is 0 Å². The van der Waals surface area contributed by atoms with E-state index in [1.165, 1.54) is 6.08 Å². The van der Waals surface area contributed by atoms with Gasteiger partial charge in [-0.1, -0.05) is 58.4 Å². The van der Waals surface area contributed by atoms with E-state index in [-0.39, 0.29) is 38.3 Å². The molecule has 6 heteroatoms. The Morgan fingerprint density at radius 2 is 1.64 bits per heavy atom. The maximum absolute atomic E-state index is 11.8. The van der Waals surface area contributed by atoms with Crippen molar-refractivity contribution in [3.05, 3.63) is 131 Å². The Morgan fingerprint density at radius 1 is 0.939 bits per heavy atom. The van der Waals surface area contributed by atoms with Crippen LogP contribution in [0.25, 0.3) is 11.3 Å². The number of allylic oxidation sites excluding steroid dienone is 1. The third kappa shape index (κ3) is 9.14. The molecule has 1 N–H and O–H groups in total. The molecule has 0 amide bonds. The summed E-state index contributed by atoms with van der Waals surface area (Å²) in [4.78, 5) is 16.0. The van der Waals surface area contributed by atoms with Crippen molar-refractivity contribution < 1.29 is 34.7 Å². The van der Waals surface area contributed by atoms with E-state index in [2.05, 4.69) is 27.0 Å². The molecule has 0 saturated carbocycles. The second-order valence-corrected chi connectivity index (χ2v) is 7.52. The van der Waals surface area contributed by atoms with E-state index in [4.69, 9.17) is 4.74 Å². The number of ketones is 1. The molecule has 0 atom stereocenters. The molecular formula is C27H21BrIrNO3-. The zero-order valence-corrected chi connectivity index (χ0v) is 21.5. The first-order valence-corrected chi connectivity index (χ1v) is 10.7. The zero-order valence-electron chi connectivity index (χ0n) is 17.5. The van der Waals surface area contributed by atoms with E-state index < -0.39 is 0 Å². The van der Waals surface area contributed by atoms with Crippen molar-refractivity contribution in [1.29, 1.82) is 0 Å². The SMILES string of the molecule is O=C(C=C(O)COc1ccc(Br)cc1)c1ccccc1.[Ir].[c-]1ccccc1-c1ccccn1. The zero-order chi connectivity index (χ0) is 22.6. The number of carbonyl (C=O) groups excluding carboxylic acids is 1. The van der Waals surface area contributed by atoms with Crippen LogP contribution in [0.15, 0.2) is 120 Å². The first-order chi connectivity index (χ1) is 15.6. The topological polar surface area (TPSA) is 59.4 Å². The van der Waals surface area contributed by atoms with Crippen molar-refractivity contribution in [3.63, 3.8) is 0 Å². The molecule has 0 unspecified atom stereocenters. The molecule has 169 valence electrons. The number of rotatable bonds is 6. The van der Waals surface area contributed by atoms with Crippen LogP contribution in [-0.4, -0.2) is 22.5 Å². The normalized spacial score (nSPS) is 10.3. The molecule has 0 aliphatic rings. The largest absolute Gasteiger partial charge is 0.509 e. The van der Waals surface area contributed by atoms with Crippen molar-refractivity contribution in [3.8, 4) is 17.0 Å². The van der Waals surface area contributed by atoms with Crippen LogP contribution in [0.1, 0.15) is 10.4 Å². The van der Waals surface area contributed by atoms with E-state index in [1.54, 1.807) is 42.6 Å². The monoisotopic (exact) mass is 679 g/mol. The Kier molecular flexibility index (Phi) is 11.3. The minimum atomic E-state index is -0.248. The molecule has 4 rings (SSSR count). The van der Waals surface area contributed by atoms with Gasteiger partial charge >= 0.3 is 0 Å². The number of ether oxygens (including phenoxy) is 1. The minimum absolute atomic E-state index is 0. The van der Waals surface area contributed by atoms with Crippen molar-refractivity contribution in [2.24, 2.45) is 0 Å². The number of carbonyl (C=O) groups is 1. The summed E-state index contributed by atoms with van der Waals surface area (Å²) in [5.41, 5.74) is 2.54. The van der Waals surface area contributed by atoms with Gasteiger partial charge in [-0.25, -0.2) is 0 Å². The number of hydrogen-bond donors (Lipinski definition) is 1. The number of aliphatic hydroxyl groups is 1. The first-order valence-electron chi connectivity index (χ1n) is 9.87. The molecule has 1 radical (unpaired) electrons. The molecule has 0 saturated heterocycles. The molecule has 3 aromatic carbocycles. The van der Waals surface area contributed by atoms with Crippen LogP contribution in [-0.2, 0) is 20.1 Å². The molecule has 0 bridgehead atoms. The maximum Gasteiger partial charge on any atom is 0.189 e. The van der Waals surface area contributed by atoms with Gasteiger partial charge in [0.25, 0.3) is 0 Å². The molecular weight excluding hydrogens is 658 g/mol. The van der Waals surface area contributed by atoms with Gasteiger partial charge in [0.15, 0.2) is 5.78 Å². The first kappa shape index (κ1) is 26.2. The van der Waals surface area contributed by atoms with Crippen molar-refractivity contribution in [1.82, 2.24) is 4.98 Å². The van der Waals surface area contributed by atoms with E-state index >= 15 is 0 Å². The Morgan fingerprint density at radius 3 is 2.27 bits per heavy atom. The van der Waals surface area contributed by atoms with E-state index in [9.17, 15) is 9.90 Å². The average Bonchev–Trinajstić information content (AvgIpc) is 2.86. The predicted molar refractivity (Wildman–Crippen MR) is 130 cm³/mol. The predicted octanol–water partition coefficient (Wildman–Crippen LogP) is 6.70. The number of pyridine rings is 1. The fourth-order valence-electron chi connectivity index (χ4n) is 2.64. The van der Waals surface area contributed by atoms with Crippen LogP contribution in [0, 0.1) is 6.07 Å². The Bertz CT molecular complexity index is 1100. The molecule has 1 heterocycles. The van der Waals surface area contributed by atoms with Gasteiger partial charge in [-0.2, -0.15) is 0 Å². The number of aliphatic hydroxyl groups excluding tert-OH is 1. The fraction of sp³-hybridized carbons (Fsp3) is 0.0370. The second kappa shape index (κ2) is 14.2. The quantitative estimate of drug-likeness (QED) is 0.107. The molecule has 1 aromatic heterocycles. The van der Waals surface area contributed by atoms with E-state index in [0.29, 0.717) is 11.3 Å². The summed E-state index contributed by atoms with van der Waals surface area (Å²) >= 11 is 3.32. The Labute approximate surface area is 215 Å². The average molecular weight is 680 g/mol. The number of benzene rings is 3. The fourth-order valence-corrected chi connectivity index (χ4v) is 2.91. The van der Waals surface area contributed by atoms with Gasteiger partial charge in [-0.05, 0) is 36.0 Å².